The predicted octanol–water partition coefficient (Wildman–Crippen LogP) is 3.39. The van der Waals surface area contributed by atoms with Gasteiger partial charge in [0.05, 0.1) is 11.3 Å². The van der Waals surface area contributed by atoms with E-state index >= 15 is 0 Å². The Hall–Kier alpha value is -0.870. The zero-order valence-electron chi connectivity index (χ0n) is 9.92. The predicted molar refractivity (Wildman–Crippen MR) is 76.0 cm³/mol. The molecule has 2 atom stereocenters. The molecular formula is C13H15NOS2. The molecule has 0 radical (unpaired) electrons. The minimum absolute atomic E-state index is 0.00802. The molecule has 90 valence electrons. The van der Waals surface area contributed by atoms with Crippen molar-refractivity contribution in [3.63, 3.8) is 0 Å². The first-order valence-electron chi connectivity index (χ1n) is 5.73. The van der Waals surface area contributed by atoms with Crippen LogP contribution in [0.1, 0.15) is 31.9 Å². The van der Waals surface area contributed by atoms with E-state index in [9.17, 15) is 4.79 Å². The van der Waals surface area contributed by atoms with E-state index in [-0.39, 0.29) is 17.2 Å². The first-order chi connectivity index (χ1) is 8.15. The van der Waals surface area contributed by atoms with E-state index in [0.717, 1.165) is 12.0 Å². The lowest BCUT2D eigenvalue weighted by atomic mass is 10.1. The Kier molecular flexibility index (Phi) is 3.84. The number of rotatable bonds is 3. The van der Waals surface area contributed by atoms with Crippen LogP contribution in [0.25, 0.3) is 0 Å². The topological polar surface area (TPSA) is 20.3 Å². The van der Waals surface area contributed by atoms with Crippen LogP contribution in [0.5, 0.6) is 0 Å². The standard InChI is InChI=1S/C13H15NOS2/c1-3-11-12(15)14(13(16)17-11)9(2)10-7-5-4-6-8-10/h4-9,11H,3H2,1-2H3. The molecule has 17 heavy (non-hydrogen) atoms. The van der Waals surface area contributed by atoms with Crippen LogP contribution in [-0.2, 0) is 4.79 Å². The molecule has 0 bridgehead atoms. The van der Waals surface area contributed by atoms with Gasteiger partial charge in [-0.2, -0.15) is 0 Å². The number of hydrogen-bond acceptors (Lipinski definition) is 3. The fraction of sp³-hybridized carbons (Fsp3) is 0.385. The van der Waals surface area contributed by atoms with Crippen LogP contribution in [-0.4, -0.2) is 20.4 Å². The molecule has 1 aliphatic rings. The summed E-state index contributed by atoms with van der Waals surface area (Å²) in [6.07, 6.45) is 0.835. The molecular weight excluding hydrogens is 250 g/mol. The summed E-state index contributed by atoms with van der Waals surface area (Å²) in [5.74, 6) is 0.152. The molecule has 1 aromatic rings. The van der Waals surface area contributed by atoms with Crippen molar-refractivity contribution in [2.45, 2.75) is 31.6 Å². The van der Waals surface area contributed by atoms with Gasteiger partial charge >= 0.3 is 0 Å². The molecule has 2 rings (SSSR count). The second kappa shape index (κ2) is 5.19. The van der Waals surface area contributed by atoms with Gasteiger partial charge in [-0.1, -0.05) is 61.2 Å². The second-order valence-corrected chi connectivity index (χ2v) is 5.91. The maximum atomic E-state index is 12.2. The third kappa shape index (κ3) is 2.38. The van der Waals surface area contributed by atoms with Crippen LogP contribution in [0.15, 0.2) is 30.3 Å². The van der Waals surface area contributed by atoms with Gasteiger partial charge in [-0.3, -0.25) is 9.69 Å². The van der Waals surface area contributed by atoms with E-state index in [2.05, 4.69) is 0 Å². The van der Waals surface area contributed by atoms with Crippen molar-refractivity contribution in [1.29, 1.82) is 0 Å². The summed E-state index contributed by atoms with van der Waals surface area (Å²) in [4.78, 5) is 13.9. The van der Waals surface area contributed by atoms with Crippen molar-refractivity contribution in [3.8, 4) is 0 Å². The van der Waals surface area contributed by atoms with E-state index < -0.39 is 0 Å². The highest BCUT2D eigenvalue weighted by Gasteiger charge is 2.38. The van der Waals surface area contributed by atoms with E-state index in [1.165, 1.54) is 11.8 Å². The average molecular weight is 265 g/mol. The molecule has 1 fully saturated rings. The summed E-state index contributed by atoms with van der Waals surface area (Å²) in [6, 6.07) is 10.0. The summed E-state index contributed by atoms with van der Waals surface area (Å²) in [6.45, 7) is 4.05. The average Bonchev–Trinajstić information content (AvgIpc) is 2.64. The van der Waals surface area contributed by atoms with Crippen LogP contribution in [0, 0.1) is 0 Å². The molecule has 1 amide bonds. The van der Waals surface area contributed by atoms with Gasteiger partial charge in [-0.05, 0) is 18.9 Å². The van der Waals surface area contributed by atoms with Gasteiger partial charge in [0.15, 0.2) is 0 Å². The molecule has 1 heterocycles. The summed E-state index contributed by atoms with van der Waals surface area (Å²) < 4.78 is 0.707. The summed E-state index contributed by atoms with van der Waals surface area (Å²) in [5, 5.41) is 0.00802. The van der Waals surface area contributed by atoms with Crippen LogP contribution >= 0.6 is 24.0 Å². The van der Waals surface area contributed by atoms with E-state index in [1.807, 2.05) is 44.2 Å². The molecule has 1 saturated heterocycles. The summed E-state index contributed by atoms with van der Waals surface area (Å²) in [7, 11) is 0. The lowest BCUT2D eigenvalue weighted by Gasteiger charge is -2.24. The lowest BCUT2D eigenvalue weighted by molar-refractivity contribution is -0.127. The highest BCUT2D eigenvalue weighted by Crippen LogP contribution is 2.35. The van der Waals surface area contributed by atoms with Gasteiger partial charge in [0, 0.05) is 0 Å². The summed E-state index contributed by atoms with van der Waals surface area (Å²) in [5.41, 5.74) is 1.13. The van der Waals surface area contributed by atoms with Crippen LogP contribution in [0.3, 0.4) is 0 Å². The maximum Gasteiger partial charge on any atom is 0.242 e. The molecule has 4 heteroatoms. The highest BCUT2D eigenvalue weighted by molar-refractivity contribution is 8.24. The number of amides is 1. The molecule has 1 aromatic carbocycles. The number of thiocarbonyl (C=S) groups is 1. The number of hydrogen-bond donors (Lipinski definition) is 0. The Morgan fingerprint density at radius 1 is 1.41 bits per heavy atom. The zero-order valence-corrected chi connectivity index (χ0v) is 11.6. The Morgan fingerprint density at radius 3 is 2.59 bits per heavy atom. The van der Waals surface area contributed by atoms with Gasteiger partial charge < -0.3 is 0 Å². The maximum absolute atomic E-state index is 12.2. The molecule has 2 unspecified atom stereocenters. The minimum atomic E-state index is 0.00802. The van der Waals surface area contributed by atoms with Gasteiger partial charge in [-0.15, -0.1) is 0 Å². The monoisotopic (exact) mass is 265 g/mol. The van der Waals surface area contributed by atoms with Gasteiger partial charge in [0.25, 0.3) is 0 Å². The highest BCUT2D eigenvalue weighted by atomic mass is 32.2. The molecule has 0 aromatic heterocycles. The number of carbonyl (C=O) groups is 1. The van der Waals surface area contributed by atoms with Gasteiger partial charge in [0.1, 0.15) is 4.32 Å². The van der Waals surface area contributed by atoms with E-state index in [1.54, 1.807) is 4.90 Å². The van der Waals surface area contributed by atoms with Crippen LogP contribution in [0.4, 0.5) is 0 Å². The molecule has 0 N–H and O–H groups in total. The Morgan fingerprint density at radius 2 is 2.06 bits per heavy atom. The lowest BCUT2D eigenvalue weighted by Crippen LogP contribution is -2.33. The largest absolute Gasteiger partial charge is 0.289 e. The van der Waals surface area contributed by atoms with E-state index in [4.69, 9.17) is 12.2 Å². The Labute approximate surface area is 111 Å². The molecule has 1 aliphatic heterocycles. The minimum Gasteiger partial charge on any atom is -0.289 e. The van der Waals surface area contributed by atoms with Crippen molar-refractivity contribution >= 4 is 34.2 Å². The molecule has 0 spiro atoms. The number of thioether (sulfide) groups is 1. The van der Waals surface area contributed by atoms with E-state index in [0.29, 0.717) is 4.32 Å². The summed E-state index contributed by atoms with van der Waals surface area (Å²) >= 11 is 6.82. The quantitative estimate of drug-likeness (QED) is 0.781. The van der Waals surface area contributed by atoms with Crippen molar-refractivity contribution < 1.29 is 4.79 Å². The second-order valence-electron chi connectivity index (χ2n) is 4.08. The molecule has 0 aliphatic carbocycles. The van der Waals surface area contributed by atoms with Crippen molar-refractivity contribution in [2.75, 3.05) is 0 Å². The molecule has 0 saturated carbocycles. The number of benzene rings is 1. The normalized spacial score (nSPS) is 22.0. The first-order valence-corrected chi connectivity index (χ1v) is 7.02. The number of carbonyl (C=O) groups excluding carboxylic acids is 1. The SMILES string of the molecule is CCC1SC(=S)N(C(C)c2ccccc2)C1=O. The van der Waals surface area contributed by atoms with Crippen molar-refractivity contribution in [2.24, 2.45) is 0 Å². The Balaban J connectivity index is 2.23. The fourth-order valence-corrected chi connectivity index (χ4v) is 3.54. The smallest absolute Gasteiger partial charge is 0.242 e. The van der Waals surface area contributed by atoms with Crippen molar-refractivity contribution in [3.05, 3.63) is 35.9 Å². The Bertz CT molecular complexity index is 432. The van der Waals surface area contributed by atoms with Crippen LogP contribution in [0.2, 0.25) is 0 Å². The number of nitrogens with zero attached hydrogens (tertiary/aromatic N) is 1. The fourth-order valence-electron chi connectivity index (χ4n) is 1.96. The third-order valence-electron chi connectivity index (χ3n) is 2.99. The third-order valence-corrected chi connectivity index (χ3v) is 4.70. The first kappa shape index (κ1) is 12.6. The molecule has 2 nitrogen and oxygen atoms in total. The van der Waals surface area contributed by atoms with Gasteiger partial charge in [-0.25, -0.2) is 0 Å². The zero-order chi connectivity index (χ0) is 12.4. The van der Waals surface area contributed by atoms with Crippen molar-refractivity contribution in [1.82, 2.24) is 4.90 Å². The van der Waals surface area contributed by atoms with Gasteiger partial charge in [0.2, 0.25) is 5.91 Å². The van der Waals surface area contributed by atoms with Crippen LogP contribution < -0.4 is 0 Å².